The number of alkyl halides is 1. The minimum absolute atomic E-state index is 0.0514. The fraction of sp³-hybridized carbons (Fsp3) is 0.643. The van der Waals surface area contributed by atoms with Crippen LogP contribution in [0.15, 0.2) is 11.1 Å². The quantitative estimate of drug-likeness (QED) is 0.474. The summed E-state index contributed by atoms with van der Waals surface area (Å²) in [6, 6.07) is 0. The first-order chi connectivity index (χ1) is 15.3. The van der Waals surface area contributed by atoms with E-state index in [1.807, 2.05) is 0 Å². The number of ether oxygens (including phenoxy) is 1. The van der Waals surface area contributed by atoms with Crippen molar-refractivity contribution >= 4 is 95.6 Å². The number of nitrogens with one attached hydrogen (secondary N) is 1. The van der Waals surface area contributed by atoms with E-state index in [1.54, 1.807) is 45.5 Å². The molecule has 3 N–H and O–H groups in total. The van der Waals surface area contributed by atoms with Gasteiger partial charge in [-0.25, -0.2) is 9.37 Å². The van der Waals surface area contributed by atoms with Gasteiger partial charge in [-0.1, -0.05) is 45.5 Å². The minimum Gasteiger partial charge on any atom is -0.369 e. The highest BCUT2D eigenvalue weighted by Crippen LogP contribution is 2.76. The summed E-state index contributed by atoms with van der Waals surface area (Å²) in [5.41, 5.74) is 5.37. The van der Waals surface area contributed by atoms with Gasteiger partial charge in [-0.05, 0) is 23.6 Å². The largest absolute Gasteiger partial charge is 0.369 e. The average Bonchev–Trinajstić information content (AvgIpc) is 3.51. The van der Waals surface area contributed by atoms with Gasteiger partial charge in [0.05, 0.1) is 12.9 Å². The number of anilines is 1. The highest BCUT2D eigenvalue weighted by molar-refractivity contribution is 9.01. The molecule has 3 saturated heterocycles. The second-order valence-corrected chi connectivity index (χ2v) is 28.3. The number of nitrogens with zero attached hydrogens (tertiary/aromatic N) is 3. The van der Waals surface area contributed by atoms with E-state index in [-0.39, 0.29) is 23.7 Å². The molecule has 0 unspecified atom stereocenters. The van der Waals surface area contributed by atoms with Crippen molar-refractivity contribution in [3.8, 4) is 0 Å². The van der Waals surface area contributed by atoms with Gasteiger partial charge in [0.1, 0.15) is 12.2 Å². The lowest BCUT2D eigenvalue weighted by Gasteiger charge is -2.25. The van der Waals surface area contributed by atoms with Gasteiger partial charge < -0.3 is 19.5 Å². The molecule has 5 rings (SSSR count). The van der Waals surface area contributed by atoms with Crippen molar-refractivity contribution < 1.29 is 18.2 Å². The van der Waals surface area contributed by atoms with E-state index in [0.29, 0.717) is 0 Å². The summed E-state index contributed by atoms with van der Waals surface area (Å²) < 4.78 is 31.2. The number of halogens is 1. The second-order valence-electron chi connectivity index (χ2n) is 6.88. The third kappa shape index (κ3) is 4.84. The maximum atomic E-state index is 15.8. The summed E-state index contributed by atoms with van der Waals surface area (Å²) in [7, 11) is 0. The number of imidazole rings is 1. The lowest BCUT2D eigenvalue weighted by molar-refractivity contribution is -0.0359. The first-order valence-corrected chi connectivity index (χ1v) is 21.2. The molecule has 0 saturated carbocycles. The molecule has 18 heteroatoms. The molecule has 2 aromatic heterocycles. The Balaban J connectivity index is 1.44. The van der Waals surface area contributed by atoms with Crippen molar-refractivity contribution in [3.05, 3.63) is 16.7 Å². The SMILES string of the molecule is Nc1nc2c(ncn2[C@@H]2O[C@H](COP3(=S)SCCS3)[C@@H](OP3(=S)SCCS3)[C@H]2F)c(=O)[nH]1. The van der Waals surface area contributed by atoms with Crippen LogP contribution in [0, 0.1) is 0 Å². The Labute approximate surface area is 208 Å². The zero-order valence-electron chi connectivity index (χ0n) is 16.2. The molecule has 0 spiro atoms. The Kier molecular flexibility index (Phi) is 7.31. The van der Waals surface area contributed by atoms with E-state index in [1.165, 1.54) is 10.9 Å². The topological polar surface area (TPSA) is 117 Å². The Morgan fingerprint density at radius 3 is 2.59 bits per heavy atom. The minimum atomic E-state index is -2.28. The van der Waals surface area contributed by atoms with Gasteiger partial charge in [-0.15, -0.1) is 0 Å². The van der Waals surface area contributed by atoms with E-state index in [2.05, 4.69) is 15.0 Å². The van der Waals surface area contributed by atoms with Gasteiger partial charge >= 0.3 is 0 Å². The molecule has 2 aromatic rings. The van der Waals surface area contributed by atoms with E-state index >= 15 is 4.39 Å². The van der Waals surface area contributed by atoms with Crippen LogP contribution in [0.25, 0.3) is 11.2 Å². The molecule has 0 radical (unpaired) electrons. The molecule has 3 aliphatic heterocycles. The maximum Gasteiger partial charge on any atom is 0.280 e. The van der Waals surface area contributed by atoms with Crippen molar-refractivity contribution in [2.24, 2.45) is 0 Å². The number of fused-ring (bicyclic) bond motifs is 1. The van der Waals surface area contributed by atoms with E-state index in [9.17, 15) is 4.79 Å². The van der Waals surface area contributed by atoms with Crippen molar-refractivity contribution in [2.75, 3.05) is 35.4 Å². The molecule has 0 aromatic carbocycles. The van der Waals surface area contributed by atoms with Gasteiger partial charge in [-0.3, -0.25) is 14.3 Å². The van der Waals surface area contributed by atoms with Gasteiger partial charge in [-0.2, -0.15) is 4.98 Å². The van der Waals surface area contributed by atoms with Crippen LogP contribution in [-0.4, -0.2) is 67.5 Å². The van der Waals surface area contributed by atoms with Crippen LogP contribution >= 0.6 is 54.9 Å². The first kappa shape index (κ1) is 24.4. The zero-order valence-corrected chi connectivity index (χ0v) is 22.9. The molecule has 4 atom stereocenters. The summed E-state index contributed by atoms with van der Waals surface area (Å²) in [4.78, 5) is 22.7. The molecule has 0 bridgehead atoms. The summed E-state index contributed by atoms with van der Waals surface area (Å²) in [6.07, 6.45) is -3.01. The van der Waals surface area contributed by atoms with Crippen LogP contribution in [0.5, 0.6) is 0 Å². The van der Waals surface area contributed by atoms with Gasteiger partial charge in [0.15, 0.2) is 32.9 Å². The number of hydrogen-bond donors (Lipinski definition) is 2. The molecule has 9 nitrogen and oxygen atoms in total. The van der Waals surface area contributed by atoms with Gasteiger partial charge in [0.25, 0.3) is 5.56 Å². The average molecular weight is 594 g/mol. The Morgan fingerprint density at radius 1 is 1.25 bits per heavy atom. The van der Waals surface area contributed by atoms with Crippen molar-refractivity contribution in [1.82, 2.24) is 19.5 Å². The standard InChI is InChI=1S/C14H18FN5O4P2S6/c15-8-10(24-26(28)31-3-4-32-26)7(5-22-25(27)29-1-2-30-25)23-13(8)20-6-17-9-11(20)18-14(16)19-12(9)21/h6-8,10,13H,1-5H2,(H3,16,18,19,21)/t7-,8-,10-,13-/m1/s1. The zero-order chi connectivity index (χ0) is 22.5. The number of rotatable bonds is 6. The molecule has 3 aliphatic rings. The summed E-state index contributed by atoms with van der Waals surface area (Å²) in [6.45, 7) is 0.103. The third-order valence-corrected chi connectivity index (χ3v) is 24.4. The summed E-state index contributed by atoms with van der Waals surface area (Å²) in [5.74, 6) is 3.55. The van der Waals surface area contributed by atoms with Crippen LogP contribution in [0.2, 0.25) is 0 Å². The molecular weight excluding hydrogens is 576 g/mol. The lowest BCUT2D eigenvalue weighted by atomic mass is 10.1. The number of aromatic amines is 1. The predicted molar refractivity (Wildman–Crippen MR) is 141 cm³/mol. The van der Waals surface area contributed by atoms with Crippen molar-refractivity contribution in [2.45, 2.75) is 24.6 Å². The van der Waals surface area contributed by atoms with E-state index in [0.717, 1.165) is 23.0 Å². The summed E-state index contributed by atoms with van der Waals surface area (Å²) in [5, 5.41) is 0. The number of hydrogen-bond acceptors (Lipinski definition) is 13. The number of H-pyrrole nitrogens is 1. The smallest absolute Gasteiger partial charge is 0.280 e. The fourth-order valence-electron chi connectivity index (χ4n) is 3.43. The lowest BCUT2D eigenvalue weighted by Crippen LogP contribution is -2.33. The molecular formula is C14H18FN5O4P2S6. The molecule has 0 amide bonds. The monoisotopic (exact) mass is 593 g/mol. The fourth-order valence-corrected chi connectivity index (χ4v) is 21.6. The van der Waals surface area contributed by atoms with Crippen LogP contribution in [0.3, 0.4) is 0 Å². The third-order valence-electron chi connectivity index (χ3n) is 4.80. The Hall–Kier alpha value is 0.660. The number of nitrogen functional groups attached to an aromatic ring is 1. The highest BCUT2D eigenvalue weighted by Gasteiger charge is 2.50. The second kappa shape index (κ2) is 9.61. The van der Waals surface area contributed by atoms with Crippen molar-refractivity contribution in [3.63, 3.8) is 0 Å². The Bertz CT molecular complexity index is 1160. The summed E-state index contributed by atoms with van der Waals surface area (Å²) >= 11 is 17.8. The maximum absolute atomic E-state index is 15.8. The predicted octanol–water partition coefficient (Wildman–Crippen LogP) is 3.75. The van der Waals surface area contributed by atoms with Crippen LogP contribution < -0.4 is 11.3 Å². The molecule has 5 heterocycles. The van der Waals surface area contributed by atoms with Crippen LogP contribution in [0.1, 0.15) is 6.23 Å². The van der Waals surface area contributed by atoms with Gasteiger partial charge in [0.2, 0.25) is 5.95 Å². The van der Waals surface area contributed by atoms with Crippen molar-refractivity contribution in [1.29, 1.82) is 0 Å². The highest BCUT2D eigenvalue weighted by atomic mass is 33.2. The number of aromatic nitrogens is 4. The molecule has 0 aliphatic carbocycles. The molecule has 3 fully saturated rings. The Morgan fingerprint density at radius 2 is 1.91 bits per heavy atom. The van der Waals surface area contributed by atoms with E-state index in [4.69, 9.17) is 43.1 Å². The normalized spacial score (nSPS) is 31.5. The first-order valence-electron chi connectivity index (χ1n) is 9.40. The van der Waals surface area contributed by atoms with Gasteiger partial charge in [0, 0.05) is 23.0 Å². The van der Waals surface area contributed by atoms with Crippen LogP contribution in [-0.2, 0) is 37.4 Å². The number of nitrogens with two attached hydrogens (primary N) is 1. The molecule has 176 valence electrons. The van der Waals surface area contributed by atoms with Crippen LogP contribution in [0.4, 0.5) is 10.3 Å². The van der Waals surface area contributed by atoms with E-state index < -0.39 is 39.5 Å². The molecule has 32 heavy (non-hydrogen) atoms.